The monoisotopic (exact) mass is 446 g/mol. The summed E-state index contributed by atoms with van der Waals surface area (Å²) in [6, 6.07) is 9.96. The van der Waals surface area contributed by atoms with E-state index in [1.165, 1.54) is 2.88 Å². The lowest BCUT2D eigenvalue weighted by Crippen LogP contribution is -1.89. The van der Waals surface area contributed by atoms with Crippen LogP contribution in [0.5, 0.6) is 0 Å². The summed E-state index contributed by atoms with van der Waals surface area (Å²) in [5.74, 6) is 1.12. The first-order valence-electron chi connectivity index (χ1n) is 5.41. The van der Waals surface area contributed by atoms with E-state index in [2.05, 4.69) is 49.7 Å². The van der Waals surface area contributed by atoms with Gasteiger partial charge in [-0.05, 0) is 34.7 Å². The van der Waals surface area contributed by atoms with E-state index in [0.717, 1.165) is 21.2 Å². The predicted octanol–water partition coefficient (Wildman–Crippen LogP) is 5.02. The number of halogens is 2. The summed E-state index contributed by atoms with van der Waals surface area (Å²) in [6.45, 7) is 0. The zero-order valence-corrected chi connectivity index (χ0v) is 14.1. The van der Waals surface area contributed by atoms with Crippen molar-refractivity contribution in [3.63, 3.8) is 0 Å². The number of hydrogen-bond acceptors (Lipinski definition) is 4. The van der Waals surface area contributed by atoms with E-state index in [1.807, 2.05) is 29.6 Å². The molecule has 1 aromatic carbocycles. The van der Waals surface area contributed by atoms with Crippen molar-refractivity contribution in [3.8, 4) is 22.5 Å². The molecule has 2 aromatic heterocycles. The molecule has 0 amide bonds. The molecule has 96 valence electrons. The van der Waals surface area contributed by atoms with Gasteiger partial charge in [0.25, 0.3) is 0 Å². The van der Waals surface area contributed by atoms with Crippen LogP contribution >= 0.6 is 49.9 Å². The van der Waals surface area contributed by atoms with Gasteiger partial charge in [-0.25, -0.2) is 0 Å². The second-order valence-corrected chi connectivity index (χ2v) is 7.55. The average Bonchev–Trinajstić information content (AvgIpc) is 2.96. The number of nitrogens with two attached hydrogens (primary N) is 1. The van der Waals surface area contributed by atoms with Gasteiger partial charge in [-0.3, -0.25) is 0 Å². The van der Waals surface area contributed by atoms with Crippen molar-refractivity contribution in [1.29, 1.82) is 0 Å². The number of nitrogen functional groups attached to an aromatic ring is 1. The van der Waals surface area contributed by atoms with Gasteiger partial charge in [0.1, 0.15) is 0 Å². The molecular formula is C13H8BrIN2OS. The third-order valence-electron chi connectivity index (χ3n) is 2.69. The van der Waals surface area contributed by atoms with E-state index in [9.17, 15) is 0 Å². The highest BCUT2D eigenvalue weighted by atomic mass is 127. The second-order valence-electron chi connectivity index (χ2n) is 3.89. The maximum Gasteiger partial charge on any atom is 0.177 e. The average molecular weight is 447 g/mol. The van der Waals surface area contributed by atoms with Crippen molar-refractivity contribution in [2.24, 2.45) is 0 Å². The highest BCUT2D eigenvalue weighted by Gasteiger charge is 2.20. The van der Waals surface area contributed by atoms with Crippen LogP contribution in [0.15, 0.2) is 44.7 Å². The minimum atomic E-state index is 0.406. The van der Waals surface area contributed by atoms with Crippen LogP contribution in [0.3, 0.4) is 0 Å². The molecule has 3 aromatic rings. The lowest BCUT2D eigenvalue weighted by molar-refractivity contribution is 0.436. The van der Waals surface area contributed by atoms with Gasteiger partial charge in [-0.2, -0.15) is 0 Å². The molecule has 0 unspecified atom stereocenters. The lowest BCUT2D eigenvalue weighted by atomic mass is 10.0. The second kappa shape index (κ2) is 5.26. The summed E-state index contributed by atoms with van der Waals surface area (Å²) in [5.41, 5.74) is 8.78. The number of anilines is 1. The van der Waals surface area contributed by atoms with Gasteiger partial charge in [0, 0.05) is 21.0 Å². The highest BCUT2D eigenvalue weighted by molar-refractivity contribution is 14.1. The van der Waals surface area contributed by atoms with Crippen LogP contribution < -0.4 is 5.73 Å². The molecule has 0 atom stereocenters. The minimum absolute atomic E-state index is 0.406. The Morgan fingerprint density at radius 1 is 1.32 bits per heavy atom. The Hall–Kier alpha value is -0.860. The van der Waals surface area contributed by atoms with E-state index in [1.54, 1.807) is 11.3 Å². The van der Waals surface area contributed by atoms with Crippen LogP contribution in [0.4, 0.5) is 5.82 Å². The van der Waals surface area contributed by atoms with E-state index in [0.29, 0.717) is 11.6 Å². The Morgan fingerprint density at radius 3 is 2.79 bits per heavy atom. The molecule has 2 N–H and O–H groups in total. The van der Waals surface area contributed by atoms with Crippen LogP contribution in [-0.4, -0.2) is 5.16 Å². The maximum absolute atomic E-state index is 5.96. The van der Waals surface area contributed by atoms with Gasteiger partial charge >= 0.3 is 0 Å². The first kappa shape index (κ1) is 13.1. The summed E-state index contributed by atoms with van der Waals surface area (Å²) < 4.78 is 7.58. The third-order valence-corrected chi connectivity index (χ3v) is 5.17. The molecule has 0 radical (unpaired) electrons. The predicted molar refractivity (Wildman–Crippen MR) is 90.1 cm³/mol. The molecule has 3 nitrogen and oxygen atoms in total. The van der Waals surface area contributed by atoms with Crippen LogP contribution in [-0.2, 0) is 0 Å². The molecule has 0 bridgehead atoms. The number of aromatic nitrogens is 1. The van der Waals surface area contributed by atoms with Crippen molar-refractivity contribution in [2.45, 2.75) is 0 Å². The Bertz CT molecular complexity index is 738. The van der Waals surface area contributed by atoms with Gasteiger partial charge in [0.05, 0.1) is 8.45 Å². The molecule has 0 saturated heterocycles. The number of thiophene rings is 1. The van der Waals surface area contributed by atoms with E-state index >= 15 is 0 Å². The SMILES string of the molecule is Nc1noc(-c2csc(I)c2)c1-c1ccccc1Br. The van der Waals surface area contributed by atoms with E-state index in [4.69, 9.17) is 10.3 Å². The topological polar surface area (TPSA) is 52.0 Å². The van der Waals surface area contributed by atoms with Gasteiger partial charge < -0.3 is 10.3 Å². The smallest absolute Gasteiger partial charge is 0.177 e. The molecule has 0 aliphatic rings. The molecule has 2 heterocycles. The quantitative estimate of drug-likeness (QED) is 0.562. The van der Waals surface area contributed by atoms with Gasteiger partial charge in [0.15, 0.2) is 11.6 Å². The molecule has 0 spiro atoms. The summed E-state index contributed by atoms with van der Waals surface area (Å²) in [5, 5.41) is 5.95. The zero-order chi connectivity index (χ0) is 13.4. The summed E-state index contributed by atoms with van der Waals surface area (Å²) >= 11 is 7.49. The molecule has 0 fully saturated rings. The van der Waals surface area contributed by atoms with Crippen molar-refractivity contribution >= 4 is 55.7 Å². The molecule has 19 heavy (non-hydrogen) atoms. The summed E-state index contributed by atoms with van der Waals surface area (Å²) in [4.78, 5) is 0. The van der Waals surface area contributed by atoms with Crippen molar-refractivity contribution in [1.82, 2.24) is 5.16 Å². The van der Waals surface area contributed by atoms with Crippen molar-refractivity contribution in [3.05, 3.63) is 43.1 Å². The molecule has 0 aliphatic carbocycles. The molecule has 0 saturated carbocycles. The lowest BCUT2D eigenvalue weighted by Gasteiger charge is -2.03. The largest absolute Gasteiger partial charge is 0.380 e. The number of nitrogens with zero attached hydrogens (tertiary/aromatic N) is 1. The van der Waals surface area contributed by atoms with Crippen LogP contribution in [0.25, 0.3) is 22.5 Å². The summed E-state index contributed by atoms with van der Waals surface area (Å²) in [6.07, 6.45) is 0. The van der Waals surface area contributed by atoms with E-state index in [-0.39, 0.29) is 0 Å². The first-order valence-corrected chi connectivity index (χ1v) is 8.16. The van der Waals surface area contributed by atoms with Crippen LogP contribution in [0, 0.1) is 2.88 Å². The third kappa shape index (κ3) is 2.44. The van der Waals surface area contributed by atoms with E-state index < -0.39 is 0 Å². The molecule has 0 aliphatic heterocycles. The number of benzene rings is 1. The van der Waals surface area contributed by atoms with Crippen LogP contribution in [0.1, 0.15) is 0 Å². The molecular weight excluding hydrogens is 439 g/mol. The fraction of sp³-hybridized carbons (Fsp3) is 0. The van der Waals surface area contributed by atoms with Crippen molar-refractivity contribution in [2.75, 3.05) is 5.73 Å². The summed E-state index contributed by atoms with van der Waals surface area (Å²) in [7, 11) is 0. The molecule has 3 rings (SSSR count). The van der Waals surface area contributed by atoms with Crippen molar-refractivity contribution < 1.29 is 4.52 Å². The Labute approximate surface area is 136 Å². The Morgan fingerprint density at radius 2 is 2.11 bits per heavy atom. The zero-order valence-electron chi connectivity index (χ0n) is 9.56. The standard InChI is InChI=1S/C13H8BrIN2OS/c14-9-4-2-1-3-8(9)11-12(18-17-13(11)16)7-5-10(15)19-6-7/h1-6H,(H2,16,17). The Kier molecular flexibility index (Phi) is 3.64. The number of rotatable bonds is 2. The van der Waals surface area contributed by atoms with Gasteiger partial charge in [-0.1, -0.05) is 39.3 Å². The fourth-order valence-electron chi connectivity index (χ4n) is 1.85. The Balaban J connectivity index is 2.22. The normalized spacial score (nSPS) is 10.8. The van der Waals surface area contributed by atoms with Gasteiger partial charge in [-0.15, -0.1) is 11.3 Å². The number of hydrogen-bond donors (Lipinski definition) is 1. The molecule has 6 heteroatoms. The highest BCUT2D eigenvalue weighted by Crippen LogP contribution is 2.41. The van der Waals surface area contributed by atoms with Gasteiger partial charge in [0.2, 0.25) is 0 Å². The first-order chi connectivity index (χ1) is 9.16. The fourth-order valence-corrected chi connectivity index (χ4v) is 3.66. The maximum atomic E-state index is 5.96. The minimum Gasteiger partial charge on any atom is -0.380 e. The van der Waals surface area contributed by atoms with Crippen LogP contribution in [0.2, 0.25) is 0 Å².